The molecule has 110 valence electrons. The van der Waals surface area contributed by atoms with E-state index in [9.17, 15) is 0 Å². The molecule has 0 aliphatic carbocycles. The van der Waals surface area contributed by atoms with Crippen LogP contribution in [-0.4, -0.2) is 19.2 Å². The summed E-state index contributed by atoms with van der Waals surface area (Å²) >= 11 is 5.44. The summed E-state index contributed by atoms with van der Waals surface area (Å²) in [6.45, 7) is 2.80. The first-order chi connectivity index (χ1) is 10.2. The SMILES string of the molecule is COc1ccc(C(=S)NCc2ccccc2C)cc1OC. The largest absolute Gasteiger partial charge is 0.493 e. The van der Waals surface area contributed by atoms with Gasteiger partial charge in [-0.3, -0.25) is 0 Å². The molecule has 2 aromatic rings. The molecule has 0 atom stereocenters. The van der Waals surface area contributed by atoms with E-state index in [1.54, 1.807) is 14.2 Å². The van der Waals surface area contributed by atoms with Crippen molar-refractivity contribution in [2.45, 2.75) is 13.5 Å². The first-order valence-corrected chi connectivity index (χ1v) is 7.11. The molecule has 0 saturated carbocycles. The van der Waals surface area contributed by atoms with Gasteiger partial charge in [0.2, 0.25) is 0 Å². The van der Waals surface area contributed by atoms with Crippen LogP contribution in [-0.2, 0) is 6.54 Å². The van der Waals surface area contributed by atoms with E-state index in [0.29, 0.717) is 23.0 Å². The van der Waals surface area contributed by atoms with E-state index in [-0.39, 0.29) is 0 Å². The second-order valence-corrected chi connectivity index (χ2v) is 5.09. The fourth-order valence-electron chi connectivity index (χ4n) is 2.06. The number of nitrogens with one attached hydrogen (secondary N) is 1. The third-order valence-electron chi connectivity index (χ3n) is 3.35. The van der Waals surface area contributed by atoms with Gasteiger partial charge in [0.05, 0.1) is 14.2 Å². The molecule has 1 N–H and O–H groups in total. The second kappa shape index (κ2) is 7.09. The molecule has 0 bridgehead atoms. The van der Waals surface area contributed by atoms with Crippen LogP contribution in [0.2, 0.25) is 0 Å². The van der Waals surface area contributed by atoms with E-state index in [2.05, 4.69) is 24.4 Å². The number of methoxy groups -OCH3 is 2. The molecule has 0 spiro atoms. The molecule has 0 amide bonds. The van der Waals surface area contributed by atoms with Gasteiger partial charge in [0, 0.05) is 12.1 Å². The maximum Gasteiger partial charge on any atom is 0.161 e. The number of hydrogen-bond acceptors (Lipinski definition) is 3. The van der Waals surface area contributed by atoms with E-state index >= 15 is 0 Å². The van der Waals surface area contributed by atoms with Gasteiger partial charge in [0.1, 0.15) is 4.99 Å². The maximum atomic E-state index is 5.44. The summed E-state index contributed by atoms with van der Waals surface area (Å²) in [5, 5.41) is 3.28. The number of ether oxygens (including phenoxy) is 2. The van der Waals surface area contributed by atoms with Crippen molar-refractivity contribution in [1.82, 2.24) is 5.32 Å². The Morgan fingerprint density at radius 1 is 1.05 bits per heavy atom. The van der Waals surface area contributed by atoms with Gasteiger partial charge < -0.3 is 14.8 Å². The Hall–Kier alpha value is -2.07. The minimum Gasteiger partial charge on any atom is -0.493 e. The van der Waals surface area contributed by atoms with E-state index in [0.717, 1.165) is 5.56 Å². The molecular formula is C17H19NO2S. The van der Waals surface area contributed by atoms with Crippen LogP contribution in [0.5, 0.6) is 11.5 Å². The predicted molar refractivity (Wildman–Crippen MR) is 89.3 cm³/mol. The normalized spacial score (nSPS) is 10.0. The Morgan fingerprint density at radius 2 is 1.76 bits per heavy atom. The highest BCUT2D eigenvalue weighted by molar-refractivity contribution is 7.80. The molecule has 3 nitrogen and oxygen atoms in total. The van der Waals surface area contributed by atoms with Crippen LogP contribution < -0.4 is 14.8 Å². The molecule has 0 fully saturated rings. The summed E-state index contributed by atoms with van der Waals surface area (Å²) < 4.78 is 10.5. The lowest BCUT2D eigenvalue weighted by Crippen LogP contribution is -2.22. The summed E-state index contributed by atoms with van der Waals surface area (Å²) in [5.41, 5.74) is 3.40. The Morgan fingerprint density at radius 3 is 2.43 bits per heavy atom. The Kier molecular flexibility index (Phi) is 5.17. The Labute approximate surface area is 130 Å². The van der Waals surface area contributed by atoms with Gasteiger partial charge in [-0.25, -0.2) is 0 Å². The number of aryl methyl sites for hydroxylation is 1. The van der Waals surface area contributed by atoms with Crippen molar-refractivity contribution < 1.29 is 9.47 Å². The molecule has 21 heavy (non-hydrogen) atoms. The molecule has 0 heterocycles. The summed E-state index contributed by atoms with van der Waals surface area (Å²) in [7, 11) is 3.23. The molecule has 0 unspecified atom stereocenters. The smallest absolute Gasteiger partial charge is 0.161 e. The van der Waals surface area contributed by atoms with Gasteiger partial charge >= 0.3 is 0 Å². The molecule has 2 rings (SSSR count). The highest BCUT2D eigenvalue weighted by Gasteiger charge is 2.08. The predicted octanol–water partition coefficient (Wildman–Crippen LogP) is 3.48. The monoisotopic (exact) mass is 301 g/mol. The number of hydrogen-bond donors (Lipinski definition) is 1. The molecule has 0 aliphatic rings. The fourth-order valence-corrected chi connectivity index (χ4v) is 2.26. The topological polar surface area (TPSA) is 30.5 Å². The van der Waals surface area contributed by atoms with E-state index in [1.807, 2.05) is 30.3 Å². The molecule has 0 radical (unpaired) electrons. The second-order valence-electron chi connectivity index (χ2n) is 4.68. The molecule has 2 aromatic carbocycles. The lowest BCUT2D eigenvalue weighted by atomic mass is 10.1. The van der Waals surface area contributed by atoms with Gasteiger partial charge in [-0.15, -0.1) is 0 Å². The van der Waals surface area contributed by atoms with Crippen molar-refractivity contribution in [1.29, 1.82) is 0 Å². The molecule has 0 aromatic heterocycles. The van der Waals surface area contributed by atoms with E-state index in [1.165, 1.54) is 11.1 Å². The van der Waals surface area contributed by atoms with E-state index < -0.39 is 0 Å². The first-order valence-electron chi connectivity index (χ1n) is 6.70. The number of benzene rings is 2. The van der Waals surface area contributed by atoms with Gasteiger partial charge in [-0.1, -0.05) is 36.5 Å². The molecule has 0 aliphatic heterocycles. The highest BCUT2D eigenvalue weighted by atomic mass is 32.1. The van der Waals surface area contributed by atoms with Crippen molar-refractivity contribution in [3.05, 3.63) is 59.2 Å². The van der Waals surface area contributed by atoms with Crippen LogP contribution in [0, 0.1) is 6.92 Å². The van der Waals surface area contributed by atoms with Crippen LogP contribution in [0.3, 0.4) is 0 Å². The van der Waals surface area contributed by atoms with Crippen molar-refractivity contribution in [2.24, 2.45) is 0 Å². The Bertz CT molecular complexity index is 640. The van der Waals surface area contributed by atoms with Crippen molar-refractivity contribution in [3.63, 3.8) is 0 Å². The summed E-state index contributed by atoms with van der Waals surface area (Å²) in [5.74, 6) is 1.37. The van der Waals surface area contributed by atoms with Crippen molar-refractivity contribution in [3.8, 4) is 11.5 Å². The zero-order valence-corrected chi connectivity index (χ0v) is 13.3. The van der Waals surface area contributed by atoms with Gasteiger partial charge in [0.25, 0.3) is 0 Å². The highest BCUT2D eigenvalue weighted by Crippen LogP contribution is 2.27. The van der Waals surface area contributed by atoms with Gasteiger partial charge in [0.15, 0.2) is 11.5 Å². The van der Waals surface area contributed by atoms with Crippen molar-refractivity contribution in [2.75, 3.05) is 14.2 Å². The molecule has 4 heteroatoms. The van der Waals surface area contributed by atoms with Gasteiger partial charge in [-0.2, -0.15) is 0 Å². The number of thiocarbonyl (C=S) groups is 1. The Balaban J connectivity index is 2.09. The number of rotatable bonds is 5. The summed E-state index contributed by atoms with van der Waals surface area (Å²) in [4.78, 5) is 0.694. The molecule has 0 saturated heterocycles. The van der Waals surface area contributed by atoms with Crippen LogP contribution in [0.25, 0.3) is 0 Å². The van der Waals surface area contributed by atoms with Crippen LogP contribution in [0.1, 0.15) is 16.7 Å². The lowest BCUT2D eigenvalue weighted by Gasteiger charge is -2.12. The lowest BCUT2D eigenvalue weighted by molar-refractivity contribution is 0.355. The third kappa shape index (κ3) is 3.73. The fraction of sp³-hybridized carbons (Fsp3) is 0.235. The third-order valence-corrected chi connectivity index (χ3v) is 3.73. The van der Waals surface area contributed by atoms with Crippen molar-refractivity contribution >= 4 is 17.2 Å². The maximum absolute atomic E-state index is 5.44. The average Bonchev–Trinajstić information content (AvgIpc) is 2.53. The average molecular weight is 301 g/mol. The van der Waals surface area contributed by atoms with Crippen LogP contribution in [0.15, 0.2) is 42.5 Å². The minimum absolute atomic E-state index is 0.676. The minimum atomic E-state index is 0.676. The van der Waals surface area contributed by atoms with Crippen LogP contribution >= 0.6 is 12.2 Å². The molecular weight excluding hydrogens is 282 g/mol. The zero-order valence-electron chi connectivity index (χ0n) is 12.5. The zero-order chi connectivity index (χ0) is 15.2. The first kappa shape index (κ1) is 15.3. The standard InChI is InChI=1S/C17H19NO2S/c1-12-6-4-5-7-14(12)11-18-17(21)13-8-9-15(19-2)16(10-13)20-3/h4-10H,11H2,1-3H3,(H,18,21). The summed E-state index contributed by atoms with van der Waals surface area (Å²) in [6.07, 6.45) is 0. The summed E-state index contributed by atoms with van der Waals surface area (Å²) in [6, 6.07) is 13.9. The quantitative estimate of drug-likeness (QED) is 0.857. The van der Waals surface area contributed by atoms with E-state index in [4.69, 9.17) is 21.7 Å². The van der Waals surface area contributed by atoms with Gasteiger partial charge in [-0.05, 0) is 36.2 Å². The van der Waals surface area contributed by atoms with Crippen LogP contribution in [0.4, 0.5) is 0 Å².